The summed E-state index contributed by atoms with van der Waals surface area (Å²) in [5.41, 5.74) is 10.3. The van der Waals surface area contributed by atoms with E-state index in [1.54, 1.807) is 12.1 Å². The number of carbonyl (C=O) groups is 1. The maximum Gasteiger partial charge on any atom is 0.251 e. The van der Waals surface area contributed by atoms with Crippen LogP contribution in [0.15, 0.2) is 24.3 Å². The molecule has 1 fully saturated rings. The van der Waals surface area contributed by atoms with E-state index in [0.29, 0.717) is 5.56 Å². The number of unbranched alkanes of at least 4 members (excludes halogenated alkanes) is 1. The first-order chi connectivity index (χ1) is 13.5. The van der Waals surface area contributed by atoms with E-state index in [1.807, 2.05) is 19.1 Å². The minimum atomic E-state index is -0.398. The maximum atomic E-state index is 12.4. The highest BCUT2D eigenvalue weighted by Crippen LogP contribution is 2.35. The number of nitrogens with two attached hydrogens (primary N) is 1. The standard InChI is InChI=1S/C23H33N3O2/c1-3-4-11-20-22(18-9-8-10-19(27)16-18)21(23(24)28)17(2)26(20)15-14-25-12-6-5-7-13-25/h8-10,16,27H,3-7,11-15H2,1-2H3,(H2,24,28). The van der Waals surface area contributed by atoms with Gasteiger partial charge >= 0.3 is 0 Å². The molecule has 0 radical (unpaired) electrons. The van der Waals surface area contributed by atoms with Crippen molar-refractivity contribution in [3.05, 3.63) is 41.2 Å². The molecule has 1 aliphatic rings. The first-order valence-electron chi connectivity index (χ1n) is 10.6. The van der Waals surface area contributed by atoms with Crippen molar-refractivity contribution in [1.29, 1.82) is 0 Å². The third kappa shape index (κ3) is 4.41. The number of likely N-dealkylation sites (tertiary alicyclic amines) is 1. The van der Waals surface area contributed by atoms with Gasteiger partial charge in [0, 0.05) is 30.0 Å². The van der Waals surface area contributed by atoms with Gasteiger partial charge in [0.2, 0.25) is 0 Å². The van der Waals surface area contributed by atoms with Crippen molar-refractivity contribution in [3.8, 4) is 16.9 Å². The Balaban J connectivity index is 2.04. The van der Waals surface area contributed by atoms with Crippen molar-refractivity contribution in [2.45, 2.75) is 58.9 Å². The number of carbonyl (C=O) groups excluding carboxylic acids is 1. The van der Waals surface area contributed by atoms with Crippen molar-refractivity contribution in [2.24, 2.45) is 5.73 Å². The normalized spacial score (nSPS) is 15.1. The van der Waals surface area contributed by atoms with Gasteiger partial charge in [-0.3, -0.25) is 4.79 Å². The molecule has 28 heavy (non-hydrogen) atoms. The average molecular weight is 384 g/mol. The fourth-order valence-electron chi connectivity index (χ4n) is 4.40. The highest BCUT2D eigenvalue weighted by atomic mass is 16.3. The average Bonchev–Trinajstić information content (AvgIpc) is 2.97. The Morgan fingerprint density at radius 1 is 1.18 bits per heavy atom. The monoisotopic (exact) mass is 383 g/mol. The molecule has 0 atom stereocenters. The van der Waals surface area contributed by atoms with Crippen molar-refractivity contribution in [3.63, 3.8) is 0 Å². The Kier molecular flexibility index (Phi) is 6.79. The molecule has 3 N–H and O–H groups in total. The number of nitrogens with zero attached hydrogens (tertiary/aromatic N) is 2. The summed E-state index contributed by atoms with van der Waals surface area (Å²) in [6.07, 6.45) is 6.91. The van der Waals surface area contributed by atoms with Gasteiger partial charge in [-0.2, -0.15) is 0 Å². The summed E-state index contributed by atoms with van der Waals surface area (Å²) < 4.78 is 2.30. The second-order valence-corrected chi connectivity index (χ2v) is 7.85. The van der Waals surface area contributed by atoms with Gasteiger partial charge in [0.15, 0.2) is 0 Å². The van der Waals surface area contributed by atoms with Gasteiger partial charge in [-0.05, 0) is 63.4 Å². The van der Waals surface area contributed by atoms with E-state index in [9.17, 15) is 9.90 Å². The van der Waals surface area contributed by atoms with Crippen LogP contribution >= 0.6 is 0 Å². The first kappa shape index (κ1) is 20.5. The molecular formula is C23H33N3O2. The molecule has 0 saturated carbocycles. The number of aromatic nitrogens is 1. The molecular weight excluding hydrogens is 350 g/mol. The van der Waals surface area contributed by atoms with E-state index in [0.717, 1.165) is 68.0 Å². The van der Waals surface area contributed by atoms with E-state index in [4.69, 9.17) is 5.73 Å². The van der Waals surface area contributed by atoms with E-state index in [1.165, 1.54) is 19.3 Å². The molecule has 0 spiro atoms. The third-order valence-electron chi connectivity index (χ3n) is 5.87. The second-order valence-electron chi connectivity index (χ2n) is 7.85. The molecule has 5 heteroatoms. The number of phenolic OH excluding ortho intramolecular Hbond substituents is 1. The largest absolute Gasteiger partial charge is 0.508 e. The lowest BCUT2D eigenvalue weighted by Gasteiger charge is -2.27. The number of hydrogen-bond donors (Lipinski definition) is 2. The minimum Gasteiger partial charge on any atom is -0.508 e. The van der Waals surface area contributed by atoms with Crippen molar-refractivity contribution in [2.75, 3.05) is 19.6 Å². The van der Waals surface area contributed by atoms with Gasteiger partial charge in [-0.1, -0.05) is 31.9 Å². The zero-order valence-corrected chi connectivity index (χ0v) is 17.2. The van der Waals surface area contributed by atoms with Gasteiger partial charge in [0.1, 0.15) is 5.75 Å². The molecule has 2 aromatic rings. The van der Waals surface area contributed by atoms with Crippen LogP contribution in [0.2, 0.25) is 0 Å². The molecule has 0 unspecified atom stereocenters. The summed E-state index contributed by atoms with van der Waals surface area (Å²) in [4.78, 5) is 14.9. The smallest absolute Gasteiger partial charge is 0.251 e. The Labute approximate surface area is 168 Å². The Morgan fingerprint density at radius 3 is 2.57 bits per heavy atom. The van der Waals surface area contributed by atoms with Crippen molar-refractivity contribution in [1.82, 2.24) is 9.47 Å². The van der Waals surface area contributed by atoms with Gasteiger partial charge < -0.3 is 20.3 Å². The minimum absolute atomic E-state index is 0.202. The Hall–Kier alpha value is -2.27. The topological polar surface area (TPSA) is 71.5 Å². The molecule has 0 bridgehead atoms. The van der Waals surface area contributed by atoms with Crippen molar-refractivity contribution >= 4 is 5.91 Å². The van der Waals surface area contributed by atoms with Gasteiger partial charge in [0.25, 0.3) is 5.91 Å². The van der Waals surface area contributed by atoms with E-state index in [-0.39, 0.29) is 5.75 Å². The fourth-order valence-corrected chi connectivity index (χ4v) is 4.40. The number of aromatic hydroxyl groups is 1. The third-order valence-corrected chi connectivity index (χ3v) is 5.87. The fraction of sp³-hybridized carbons (Fsp3) is 0.522. The first-order valence-corrected chi connectivity index (χ1v) is 10.6. The molecule has 3 rings (SSSR count). The Morgan fingerprint density at radius 2 is 1.93 bits per heavy atom. The zero-order valence-electron chi connectivity index (χ0n) is 17.2. The summed E-state index contributed by atoms with van der Waals surface area (Å²) in [5.74, 6) is -0.196. The Bertz CT molecular complexity index is 819. The highest BCUT2D eigenvalue weighted by Gasteiger charge is 2.25. The molecule has 1 aromatic carbocycles. The predicted octanol–water partition coefficient (Wildman–Crippen LogP) is 4.10. The molecule has 1 saturated heterocycles. The quantitative estimate of drug-likeness (QED) is 0.721. The van der Waals surface area contributed by atoms with Gasteiger partial charge in [-0.15, -0.1) is 0 Å². The molecule has 2 heterocycles. The van der Waals surface area contributed by atoms with Crippen LogP contribution in [0.5, 0.6) is 5.75 Å². The molecule has 5 nitrogen and oxygen atoms in total. The number of piperidine rings is 1. The zero-order chi connectivity index (χ0) is 20.1. The lowest BCUT2D eigenvalue weighted by atomic mass is 9.97. The molecule has 152 valence electrons. The van der Waals surface area contributed by atoms with Crippen LogP contribution in [0.1, 0.15) is 60.8 Å². The van der Waals surface area contributed by atoms with Crippen molar-refractivity contribution < 1.29 is 9.90 Å². The van der Waals surface area contributed by atoms with Crippen LogP contribution in [-0.2, 0) is 13.0 Å². The van der Waals surface area contributed by atoms with Gasteiger partial charge in [0.05, 0.1) is 5.56 Å². The summed E-state index contributed by atoms with van der Waals surface area (Å²) >= 11 is 0. The lowest BCUT2D eigenvalue weighted by Crippen LogP contribution is -2.33. The summed E-state index contributed by atoms with van der Waals surface area (Å²) in [6.45, 7) is 8.35. The molecule has 1 amide bonds. The summed E-state index contributed by atoms with van der Waals surface area (Å²) in [5, 5.41) is 9.99. The second kappa shape index (κ2) is 9.28. The number of benzene rings is 1. The van der Waals surface area contributed by atoms with E-state index >= 15 is 0 Å². The van der Waals surface area contributed by atoms with Crippen LogP contribution < -0.4 is 5.73 Å². The molecule has 0 aliphatic carbocycles. The van der Waals surface area contributed by atoms with Crippen LogP contribution in [0.3, 0.4) is 0 Å². The van der Waals surface area contributed by atoms with E-state index < -0.39 is 5.91 Å². The van der Waals surface area contributed by atoms with Crippen LogP contribution in [-0.4, -0.2) is 40.1 Å². The predicted molar refractivity (Wildman–Crippen MR) is 114 cm³/mol. The summed E-state index contributed by atoms with van der Waals surface area (Å²) in [6, 6.07) is 7.15. The van der Waals surface area contributed by atoms with E-state index in [2.05, 4.69) is 16.4 Å². The maximum absolute atomic E-state index is 12.4. The number of amides is 1. The highest BCUT2D eigenvalue weighted by molar-refractivity contribution is 6.02. The van der Waals surface area contributed by atoms with Crippen LogP contribution in [0.4, 0.5) is 0 Å². The summed E-state index contributed by atoms with van der Waals surface area (Å²) in [7, 11) is 0. The SMILES string of the molecule is CCCCc1c(-c2cccc(O)c2)c(C(N)=O)c(C)n1CCN1CCCCC1. The number of rotatable bonds is 8. The number of hydrogen-bond acceptors (Lipinski definition) is 3. The number of phenols is 1. The molecule has 1 aromatic heterocycles. The number of primary amides is 1. The lowest BCUT2D eigenvalue weighted by molar-refractivity contribution is 0.1000. The van der Waals surface area contributed by atoms with Crippen LogP contribution in [0.25, 0.3) is 11.1 Å². The van der Waals surface area contributed by atoms with Crippen LogP contribution in [0, 0.1) is 6.92 Å². The molecule has 1 aliphatic heterocycles. The van der Waals surface area contributed by atoms with Gasteiger partial charge in [-0.25, -0.2) is 0 Å².